The van der Waals surface area contributed by atoms with E-state index in [1.165, 1.54) is 0 Å². The molecule has 1 unspecified atom stereocenters. The standard InChI is InChI=1S/C10H16N2O4/c1-3-8(13)5-11-9(14)6-15-10-4-7(2)16-12-10/h4,8,13H,3,5-6H2,1-2H3,(H,11,14). The number of hydrogen-bond acceptors (Lipinski definition) is 5. The van der Waals surface area contributed by atoms with Crippen molar-refractivity contribution in [1.82, 2.24) is 10.5 Å². The molecule has 1 aromatic rings. The summed E-state index contributed by atoms with van der Waals surface area (Å²) in [4.78, 5) is 11.2. The number of amides is 1. The molecule has 16 heavy (non-hydrogen) atoms. The summed E-state index contributed by atoms with van der Waals surface area (Å²) in [6.45, 7) is 3.67. The molecule has 0 aliphatic rings. The molecule has 0 fully saturated rings. The first-order chi connectivity index (χ1) is 7.61. The Morgan fingerprint density at radius 1 is 1.75 bits per heavy atom. The number of nitrogens with zero attached hydrogens (tertiary/aromatic N) is 1. The predicted molar refractivity (Wildman–Crippen MR) is 56.0 cm³/mol. The Labute approximate surface area is 93.6 Å². The van der Waals surface area contributed by atoms with E-state index in [1.807, 2.05) is 6.92 Å². The fraction of sp³-hybridized carbons (Fsp3) is 0.600. The van der Waals surface area contributed by atoms with E-state index in [9.17, 15) is 9.90 Å². The highest BCUT2D eigenvalue weighted by Crippen LogP contribution is 2.09. The summed E-state index contributed by atoms with van der Waals surface area (Å²) < 4.78 is 9.82. The molecule has 0 aliphatic heterocycles. The third-order valence-corrected chi connectivity index (χ3v) is 1.96. The molecule has 0 bridgehead atoms. The van der Waals surface area contributed by atoms with Gasteiger partial charge >= 0.3 is 0 Å². The maximum absolute atomic E-state index is 11.2. The number of hydrogen-bond donors (Lipinski definition) is 2. The minimum absolute atomic E-state index is 0.137. The minimum atomic E-state index is -0.516. The van der Waals surface area contributed by atoms with Gasteiger partial charge in [0.05, 0.1) is 6.10 Å². The molecule has 0 aromatic carbocycles. The molecule has 90 valence electrons. The normalized spacial score (nSPS) is 12.2. The second-order valence-electron chi connectivity index (χ2n) is 3.43. The second-order valence-corrected chi connectivity index (χ2v) is 3.43. The summed E-state index contributed by atoms with van der Waals surface area (Å²) >= 11 is 0. The summed E-state index contributed by atoms with van der Waals surface area (Å²) in [6.07, 6.45) is 0.0853. The zero-order valence-electron chi connectivity index (χ0n) is 9.40. The van der Waals surface area contributed by atoms with Crippen molar-refractivity contribution < 1.29 is 19.2 Å². The van der Waals surface area contributed by atoms with Crippen LogP contribution in [0.3, 0.4) is 0 Å². The van der Waals surface area contributed by atoms with Gasteiger partial charge in [0.1, 0.15) is 5.76 Å². The quantitative estimate of drug-likeness (QED) is 0.729. The molecule has 1 rings (SSSR count). The molecule has 0 saturated carbocycles. The monoisotopic (exact) mass is 228 g/mol. The van der Waals surface area contributed by atoms with Crippen molar-refractivity contribution in [3.05, 3.63) is 11.8 Å². The largest absolute Gasteiger partial charge is 0.465 e. The fourth-order valence-electron chi connectivity index (χ4n) is 0.978. The van der Waals surface area contributed by atoms with E-state index >= 15 is 0 Å². The maximum atomic E-state index is 11.2. The molecule has 1 amide bonds. The van der Waals surface area contributed by atoms with E-state index in [-0.39, 0.29) is 24.9 Å². The first kappa shape index (κ1) is 12.5. The Hall–Kier alpha value is -1.56. The van der Waals surface area contributed by atoms with Gasteiger partial charge in [0.25, 0.3) is 11.8 Å². The highest BCUT2D eigenvalue weighted by molar-refractivity contribution is 5.77. The van der Waals surface area contributed by atoms with Crippen molar-refractivity contribution in [2.75, 3.05) is 13.2 Å². The van der Waals surface area contributed by atoms with Gasteiger partial charge in [-0.3, -0.25) is 4.79 Å². The Morgan fingerprint density at radius 2 is 2.50 bits per heavy atom. The molecule has 0 radical (unpaired) electrons. The van der Waals surface area contributed by atoms with Gasteiger partial charge in [-0.2, -0.15) is 0 Å². The molecular formula is C10H16N2O4. The smallest absolute Gasteiger partial charge is 0.258 e. The first-order valence-corrected chi connectivity index (χ1v) is 5.12. The van der Waals surface area contributed by atoms with E-state index in [2.05, 4.69) is 10.5 Å². The molecule has 6 nitrogen and oxygen atoms in total. The molecule has 2 N–H and O–H groups in total. The predicted octanol–water partition coefficient (Wildman–Crippen LogP) is 0.249. The molecule has 6 heteroatoms. The van der Waals surface area contributed by atoms with Crippen LogP contribution in [0.5, 0.6) is 5.88 Å². The van der Waals surface area contributed by atoms with Crippen molar-refractivity contribution in [2.24, 2.45) is 0 Å². The Bertz CT molecular complexity index is 337. The topological polar surface area (TPSA) is 84.6 Å². The minimum Gasteiger partial charge on any atom is -0.465 e. The summed E-state index contributed by atoms with van der Waals surface area (Å²) in [7, 11) is 0. The van der Waals surface area contributed by atoms with E-state index in [0.29, 0.717) is 12.2 Å². The highest BCUT2D eigenvalue weighted by atomic mass is 16.5. The zero-order valence-corrected chi connectivity index (χ0v) is 9.40. The lowest BCUT2D eigenvalue weighted by Gasteiger charge is -2.09. The average molecular weight is 228 g/mol. The van der Waals surface area contributed by atoms with Crippen molar-refractivity contribution >= 4 is 5.91 Å². The third-order valence-electron chi connectivity index (χ3n) is 1.96. The molecule has 0 spiro atoms. The number of aryl methyl sites for hydroxylation is 1. The molecular weight excluding hydrogens is 212 g/mol. The van der Waals surface area contributed by atoms with Crippen LogP contribution < -0.4 is 10.1 Å². The van der Waals surface area contributed by atoms with Gasteiger partial charge in [-0.15, -0.1) is 0 Å². The van der Waals surface area contributed by atoms with Gasteiger partial charge in [0.15, 0.2) is 6.61 Å². The Kier molecular flexibility index (Phi) is 4.78. The third kappa shape index (κ3) is 4.31. The van der Waals surface area contributed by atoms with E-state index < -0.39 is 6.10 Å². The summed E-state index contributed by atoms with van der Waals surface area (Å²) in [6, 6.07) is 1.59. The highest BCUT2D eigenvalue weighted by Gasteiger charge is 2.07. The molecule has 1 atom stereocenters. The number of rotatable bonds is 6. The molecule has 0 aliphatic carbocycles. The van der Waals surface area contributed by atoms with Crippen LogP contribution in [-0.2, 0) is 4.79 Å². The van der Waals surface area contributed by atoms with Gasteiger partial charge in [-0.25, -0.2) is 0 Å². The molecule has 0 saturated heterocycles. The molecule has 1 aromatic heterocycles. The number of aliphatic hydroxyl groups is 1. The number of carbonyl (C=O) groups excluding carboxylic acids is 1. The van der Waals surface area contributed by atoms with Crippen LogP contribution in [-0.4, -0.2) is 35.4 Å². The van der Waals surface area contributed by atoms with Crippen LogP contribution in [0.4, 0.5) is 0 Å². The number of carbonyl (C=O) groups is 1. The number of aromatic nitrogens is 1. The van der Waals surface area contributed by atoms with Crippen LogP contribution in [0.1, 0.15) is 19.1 Å². The van der Waals surface area contributed by atoms with Crippen molar-refractivity contribution in [1.29, 1.82) is 0 Å². The first-order valence-electron chi connectivity index (χ1n) is 5.12. The van der Waals surface area contributed by atoms with Crippen molar-refractivity contribution in [3.8, 4) is 5.88 Å². The van der Waals surface area contributed by atoms with E-state index in [4.69, 9.17) is 9.26 Å². The zero-order chi connectivity index (χ0) is 12.0. The Balaban J connectivity index is 2.20. The lowest BCUT2D eigenvalue weighted by Crippen LogP contribution is -2.35. The van der Waals surface area contributed by atoms with Crippen LogP contribution in [0.15, 0.2) is 10.6 Å². The summed E-state index contributed by atoms with van der Waals surface area (Å²) in [5, 5.41) is 15.3. The van der Waals surface area contributed by atoms with Crippen LogP contribution in [0.2, 0.25) is 0 Å². The van der Waals surface area contributed by atoms with Gasteiger partial charge < -0.3 is 19.7 Å². The van der Waals surface area contributed by atoms with Crippen LogP contribution in [0.25, 0.3) is 0 Å². The van der Waals surface area contributed by atoms with Crippen LogP contribution >= 0.6 is 0 Å². The SMILES string of the molecule is CCC(O)CNC(=O)COc1cc(C)on1. The number of ether oxygens (including phenoxy) is 1. The van der Waals surface area contributed by atoms with Gasteiger partial charge in [-0.1, -0.05) is 6.92 Å². The molecule has 1 heterocycles. The number of aliphatic hydroxyl groups excluding tert-OH is 1. The summed E-state index contributed by atoms with van der Waals surface area (Å²) in [5.41, 5.74) is 0. The van der Waals surface area contributed by atoms with Gasteiger partial charge in [0.2, 0.25) is 0 Å². The van der Waals surface area contributed by atoms with Gasteiger partial charge in [0, 0.05) is 12.6 Å². The fourth-order valence-corrected chi connectivity index (χ4v) is 0.978. The van der Waals surface area contributed by atoms with Crippen molar-refractivity contribution in [3.63, 3.8) is 0 Å². The van der Waals surface area contributed by atoms with E-state index in [0.717, 1.165) is 0 Å². The van der Waals surface area contributed by atoms with Gasteiger partial charge in [-0.05, 0) is 18.5 Å². The maximum Gasteiger partial charge on any atom is 0.258 e. The lowest BCUT2D eigenvalue weighted by atomic mass is 10.3. The number of nitrogens with one attached hydrogen (secondary N) is 1. The van der Waals surface area contributed by atoms with E-state index in [1.54, 1.807) is 13.0 Å². The van der Waals surface area contributed by atoms with Crippen molar-refractivity contribution in [2.45, 2.75) is 26.4 Å². The average Bonchev–Trinajstić information content (AvgIpc) is 2.69. The lowest BCUT2D eigenvalue weighted by molar-refractivity contribution is -0.123. The second kappa shape index (κ2) is 6.12. The van der Waals surface area contributed by atoms with Crippen LogP contribution in [0, 0.1) is 6.92 Å². The Morgan fingerprint density at radius 3 is 3.06 bits per heavy atom. The summed E-state index contributed by atoms with van der Waals surface area (Å²) in [5.74, 6) is 0.605.